The van der Waals surface area contributed by atoms with Gasteiger partial charge in [-0.2, -0.15) is 10.1 Å². The van der Waals surface area contributed by atoms with Crippen molar-refractivity contribution in [1.29, 1.82) is 0 Å². The van der Waals surface area contributed by atoms with Crippen molar-refractivity contribution in [3.8, 4) is 0 Å². The number of rotatable bonds is 3. The topological polar surface area (TPSA) is 70.7 Å². The Kier molecular flexibility index (Phi) is 3.18. The van der Waals surface area contributed by atoms with Gasteiger partial charge in [0, 0.05) is 0 Å². The van der Waals surface area contributed by atoms with Crippen LogP contribution in [0.2, 0.25) is 0 Å². The van der Waals surface area contributed by atoms with Crippen LogP contribution in [0.25, 0.3) is 0 Å². The van der Waals surface area contributed by atoms with Gasteiger partial charge in [0.15, 0.2) is 0 Å². The van der Waals surface area contributed by atoms with E-state index in [0.717, 1.165) is 16.7 Å². The summed E-state index contributed by atoms with van der Waals surface area (Å²) in [7, 11) is 0. The largest absolute Gasteiger partial charge is 0.295 e. The van der Waals surface area contributed by atoms with E-state index in [4.69, 9.17) is 0 Å². The zero-order valence-corrected chi connectivity index (χ0v) is 9.82. The van der Waals surface area contributed by atoms with Gasteiger partial charge in [-0.1, -0.05) is 23.8 Å². The molecule has 0 radical (unpaired) electrons. The third kappa shape index (κ3) is 2.90. The van der Waals surface area contributed by atoms with Crippen molar-refractivity contribution in [3.05, 3.63) is 41.2 Å². The molecule has 88 valence electrons. The minimum atomic E-state index is -0.101. The average Bonchev–Trinajstić information content (AvgIpc) is 2.76. The van der Waals surface area contributed by atoms with Gasteiger partial charge in [0.05, 0.1) is 6.42 Å². The van der Waals surface area contributed by atoms with Gasteiger partial charge < -0.3 is 0 Å². The number of benzene rings is 1. The molecule has 0 fully saturated rings. The molecule has 0 spiro atoms. The van der Waals surface area contributed by atoms with Crippen molar-refractivity contribution in [2.24, 2.45) is 0 Å². The molecule has 0 saturated heterocycles. The highest BCUT2D eigenvalue weighted by atomic mass is 16.1. The first-order valence-electron chi connectivity index (χ1n) is 5.36. The van der Waals surface area contributed by atoms with Crippen LogP contribution < -0.4 is 5.32 Å². The fourth-order valence-electron chi connectivity index (χ4n) is 1.61. The highest BCUT2D eigenvalue weighted by Crippen LogP contribution is 2.11. The van der Waals surface area contributed by atoms with Gasteiger partial charge in [-0.3, -0.25) is 10.1 Å². The van der Waals surface area contributed by atoms with E-state index >= 15 is 0 Å². The predicted molar refractivity (Wildman–Crippen MR) is 64.6 cm³/mol. The van der Waals surface area contributed by atoms with Crippen LogP contribution in [-0.2, 0) is 11.2 Å². The zero-order valence-electron chi connectivity index (χ0n) is 9.82. The Morgan fingerprint density at radius 2 is 2.24 bits per heavy atom. The van der Waals surface area contributed by atoms with E-state index in [2.05, 4.69) is 20.5 Å². The fraction of sp³-hybridized carbons (Fsp3) is 0.250. The van der Waals surface area contributed by atoms with E-state index in [1.165, 1.54) is 6.33 Å². The van der Waals surface area contributed by atoms with E-state index in [-0.39, 0.29) is 5.91 Å². The maximum absolute atomic E-state index is 11.7. The number of aryl methyl sites for hydroxylation is 2. The van der Waals surface area contributed by atoms with E-state index in [1.54, 1.807) is 0 Å². The molecule has 0 atom stereocenters. The number of aromatic amines is 1. The summed E-state index contributed by atoms with van der Waals surface area (Å²) in [6, 6.07) is 6.08. The van der Waals surface area contributed by atoms with Gasteiger partial charge in [0.1, 0.15) is 6.33 Å². The number of hydrogen-bond donors (Lipinski definition) is 2. The molecule has 0 aliphatic carbocycles. The zero-order chi connectivity index (χ0) is 12.3. The summed E-state index contributed by atoms with van der Waals surface area (Å²) in [6.45, 7) is 4.01. The SMILES string of the molecule is Cc1ccc(C)c(CC(=O)Nc2ncn[nH]2)c1. The molecule has 5 heteroatoms. The monoisotopic (exact) mass is 230 g/mol. The molecular weight excluding hydrogens is 216 g/mol. The van der Waals surface area contributed by atoms with Crippen LogP contribution in [0.4, 0.5) is 5.95 Å². The molecule has 17 heavy (non-hydrogen) atoms. The van der Waals surface area contributed by atoms with Crippen molar-refractivity contribution < 1.29 is 4.79 Å². The Hall–Kier alpha value is -2.17. The normalized spacial score (nSPS) is 10.2. The third-order valence-electron chi connectivity index (χ3n) is 2.53. The lowest BCUT2D eigenvalue weighted by Gasteiger charge is -2.06. The molecule has 0 saturated carbocycles. The number of aromatic nitrogens is 3. The highest BCUT2D eigenvalue weighted by molar-refractivity contribution is 5.90. The smallest absolute Gasteiger partial charge is 0.231 e. The summed E-state index contributed by atoms with van der Waals surface area (Å²) in [6.07, 6.45) is 1.70. The molecule has 1 aromatic heterocycles. The number of nitrogens with one attached hydrogen (secondary N) is 2. The van der Waals surface area contributed by atoms with E-state index in [9.17, 15) is 4.79 Å². The summed E-state index contributed by atoms with van der Waals surface area (Å²) >= 11 is 0. The number of hydrogen-bond acceptors (Lipinski definition) is 3. The molecule has 5 nitrogen and oxygen atoms in total. The van der Waals surface area contributed by atoms with Gasteiger partial charge in [0.25, 0.3) is 0 Å². The molecule has 2 aromatic rings. The summed E-state index contributed by atoms with van der Waals surface area (Å²) in [5.74, 6) is 0.274. The third-order valence-corrected chi connectivity index (χ3v) is 2.53. The lowest BCUT2D eigenvalue weighted by molar-refractivity contribution is -0.115. The van der Waals surface area contributed by atoms with Gasteiger partial charge in [-0.25, -0.2) is 5.10 Å². The Morgan fingerprint density at radius 1 is 1.41 bits per heavy atom. The second-order valence-corrected chi connectivity index (χ2v) is 3.99. The van der Waals surface area contributed by atoms with Crippen LogP contribution in [0, 0.1) is 13.8 Å². The van der Waals surface area contributed by atoms with Crippen molar-refractivity contribution in [3.63, 3.8) is 0 Å². The van der Waals surface area contributed by atoms with Crippen molar-refractivity contribution in [2.75, 3.05) is 5.32 Å². The van der Waals surface area contributed by atoms with Crippen molar-refractivity contribution in [2.45, 2.75) is 20.3 Å². The first-order chi connectivity index (χ1) is 8.15. The first-order valence-corrected chi connectivity index (χ1v) is 5.36. The minimum Gasteiger partial charge on any atom is -0.295 e. The Balaban J connectivity index is 2.05. The second-order valence-electron chi connectivity index (χ2n) is 3.99. The number of nitrogens with zero attached hydrogens (tertiary/aromatic N) is 2. The summed E-state index contributed by atoms with van der Waals surface area (Å²) < 4.78 is 0. The number of carbonyl (C=O) groups is 1. The van der Waals surface area contributed by atoms with Gasteiger partial charge >= 0.3 is 0 Å². The molecular formula is C12H14N4O. The van der Waals surface area contributed by atoms with Crippen molar-refractivity contribution in [1.82, 2.24) is 15.2 Å². The molecule has 0 unspecified atom stereocenters. The highest BCUT2D eigenvalue weighted by Gasteiger charge is 2.07. The average molecular weight is 230 g/mol. The molecule has 2 rings (SSSR count). The summed E-state index contributed by atoms with van der Waals surface area (Å²) in [5, 5.41) is 8.90. The maximum Gasteiger partial charge on any atom is 0.231 e. The fourth-order valence-corrected chi connectivity index (χ4v) is 1.61. The van der Waals surface area contributed by atoms with Crippen LogP contribution in [0.1, 0.15) is 16.7 Å². The van der Waals surface area contributed by atoms with Crippen LogP contribution >= 0.6 is 0 Å². The lowest BCUT2D eigenvalue weighted by Crippen LogP contribution is -2.16. The molecule has 1 aromatic carbocycles. The van der Waals surface area contributed by atoms with Crippen molar-refractivity contribution >= 4 is 11.9 Å². The van der Waals surface area contributed by atoms with Gasteiger partial charge in [-0.15, -0.1) is 0 Å². The quantitative estimate of drug-likeness (QED) is 0.841. The van der Waals surface area contributed by atoms with Gasteiger partial charge in [0.2, 0.25) is 11.9 Å². The van der Waals surface area contributed by atoms with E-state index in [1.807, 2.05) is 32.0 Å². The molecule has 0 bridgehead atoms. The van der Waals surface area contributed by atoms with E-state index < -0.39 is 0 Å². The Labute approximate surface area is 99.3 Å². The summed E-state index contributed by atoms with van der Waals surface area (Å²) in [4.78, 5) is 15.6. The number of carbonyl (C=O) groups excluding carboxylic acids is 1. The lowest BCUT2D eigenvalue weighted by atomic mass is 10.0. The van der Waals surface area contributed by atoms with Crippen LogP contribution in [0.15, 0.2) is 24.5 Å². The maximum atomic E-state index is 11.7. The standard InChI is InChI=1S/C12H14N4O/c1-8-3-4-9(2)10(5-8)6-11(17)15-12-13-7-14-16-12/h3-5,7H,6H2,1-2H3,(H2,13,14,15,16,17). The van der Waals surface area contributed by atoms with Gasteiger partial charge in [-0.05, 0) is 25.0 Å². The minimum absolute atomic E-state index is 0.101. The first kappa shape index (κ1) is 11.3. The Morgan fingerprint density at radius 3 is 2.94 bits per heavy atom. The van der Waals surface area contributed by atoms with Crippen LogP contribution in [-0.4, -0.2) is 21.1 Å². The molecule has 0 aliphatic rings. The molecule has 0 aliphatic heterocycles. The van der Waals surface area contributed by atoms with Crippen LogP contribution in [0.5, 0.6) is 0 Å². The number of anilines is 1. The van der Waals surface area contributed by atoms with E-state index in [0.29, 0.717) is 12.4 Å². The predicted octanol–water partition coefficient (Wildman–Crippen LogP) is 1.60. The number of amides is 1. The molecule has 2 N–H and O–H groups in total. The van der Waals surface area contributed by atoms with Crippen LogP contribution in [0.3, 0.4) is 0 Å². The Bertz CT molecular complexity index is 519. The summed E-state index contributed by atoms with van der Waals surface area (Å²) in [5.41, 5.74) is 3.29. The number of H-pyrrole nitrogens is 1. The molecule has 1 amide bonds. The second kappa shape index (κ2) is 4.78. The molecule has 1 heterocycles.